The second-order valence-corrected chi connectivity index (χ2v) is 4.21. The standard InChI is InChI=1S/C14H14N2O2/c1-16(2)14(18)11-5-3-10(4-6-11)12-7-13(17)9-15-8-12/h3-9,17H,1-2H3. The summed E-state index contributed by atoms with van der Waals surface area (Å²) in [4.78, 5) is 17.2. The van der Waals surface area contributed by atoms with Crippen molar-refractivity contribution in [1.82, 2.24) is 9.88 Å². The summed E-state index contributed by atoms with van der Waals surface area (Å²) >= 11 is 0. The molecule has 2 aromatic rings. The van der Waals surface area contributed by atoms with Gasteiger partial charge in [-0.3, -0.25) is 9.78 Å². The molecule has 0 saturated heterocycles. The lowest BCUT2D eigenvalue weighted by atomic mass is 10.1. The van der Waals surface area contributed by atoms with Crippen LogP contribution in [0.3, 0.4) is 0 Å². The molecule has 0 fully saturated rings. The molecule has 0 spiro atoms. The lowest BCUT2D eigenvalue weighted by molar-refractivity contribution is 0.0827. The highest BCUT2D eigenvalue weighted by Crippen LogP contribution is 2.22. The van der Waals surface area contributed by atoms with E-state index >= 15 is 0 Å². The molecular formula is C14H14N2O2. The minimum absolute atomic E-state index is 0.0319. The third-order valence-electron chi connectivity index (χ3n) is 2.60. The summed E-state index contributed by atoms with van der Waals surface area (Å²) in [7, 11) is 3.44. The summed E-state index contributed by atoms with van der Waals surface area (Å²) in [6, 6.07) is 8.85. The molecule has 92 valence electrons. The van der Waals surface area contributed by atoms with Gasteiger partial charge in [-0.1, -0.05) is 12.1 Å². The molecule has 1 N–H and O–H groups in total. The number of amides is 1. The summed E-state index contributed by atoms with van der Waals surface area (Å²) in [5.74, 6) is 0.0940. The normalized spacial score (nSPS) is 10.1. The van der Waals surface area contributed by atoms with Crippen molar-refractivity contribution in [3.63, 3.8) is 0 Å². The van der Waals surface area contributed by atoms with Gasteiger partial charge in [0.2, 0.25) is 0 Å². The van der Waals surface area contributed by atoms with E-state index in [1.54, 1.807) is 38.5 Å². The molecular weight excluding hydrogens is 228 g/mol. The van der Waals surface area contributed by atoms with Gasteiger partial charge in [-0.15, -0.1) is 0 Å². The zero-order valence-electron chi connectivity index (χ0n) is 10.3. The van der Waals surface area contributed by atoms with E-state index in [2.05, 4.69) is 4.98 Å². The van der Waals surface area contributed by atoms with Gasteiger partial charge in [0.25, 0.3) is 5.91 Å². The fourth-order valence-corrected chi connectivity index (χ4v) is 1.65. The van der Waals surface area contributed by atoms with Crippen molar-refractivity contribution < 1.29 is 9.90 Å². The fourth-order valence-electron chi connectivity index (χ4n) is 1.65. The van der Waals surface area contributed by atoms with Crippen molar-refractivity contribution in [1.29, 1.82) is 0 Å². The van der Waals surface area contributed by atoms with Crippen LogP contribution in [-0.4, -0.2) is 35.0 Å². The number of carbonyl (C=O) groups excluding carboxylic acids is 1. The quantitative estimate of drug-likeness (QED) is 0.878. The lowest BCUT2D eigenvalue weighted by Crippen LogP contribution is -2.21. The van der Waals surface area contributed by atoms with E-state index in [1.165, 1.54) is 11.1 Å². The molecule has 4 nitrogen and oxygen atoms in total. The Kier molecular flexibility index (Phi) is 3.28. The van der Waals surface area contributed by atoms with Gasteiger partial charge in [0.05, 0.1) is 6.20 Å². The SMILES string of the molecule is CN(C)C(=O)c1ccc(-c2cncc(O)c2)cc1. The molecule has 0 radical (unpaired) electrons. The van der Waals surface area contributed by atoms with Gasteiger partial charge in [-0.2, -0.15) is 0 Å². The van der Waals surface area contributed by atoms with Gasteiger partial charge in [-0.25, -0.2) is 0 Å². The summed E-state index contributed by atoms with van der Waals surface area (Å²) in [6.45, 7) is 0. The Balaban J connectivity index is 2.30. The number of nitrogens with zero attached hydrogens (tertiary/aromatic N) is 2. The van der Waals surface area contributed by atoms with Crippen LogP contribution < -0.4 is 0 Å². The molecule has 2 rings (SSSR count). The lowest BCUT2D eigenvalue weighted by Gasteiger charge is -2.10. The highest BCUT2D eigenvalue weighted by atomic mass is 16.3. The maximum atomic E-state index is 11.7. The smallest absolute Gasteiger partial charge is 0.253 e. The molecule has 18 heavy (non-hydrogen) atoms. The van der Waals surface area contributed by atoms with E-state index in [0.717, 1.165) is 11.1 Å². The second kappa shape index (κ2) is 4.87. The second-order valence-electron chi connectivity index (χ2n) is 4.21. The summed E-state index contributed by atoms with van der Waals surface area (Å²) in [5, 5.41) is 9.37. The van der Waals surface area contributed by atoms with E-state index < -0.39 is 0 Å². The van der Waals surface area contributed by atoms with Crippen molar-refractivity contribution in [2.75, 3.05) is 14.1 Å². The number of benzene rings is 1. The van der Waals surface area contributed by atoms with Crippen LogP contribution in [0.2, 0.25) is 0 Å². The maximum absolute atomic E-state index is 11.7. The third-order valence-corrected chi connectivity index (χ3v) is 2.60. The van der Waals surface area contributed by atoms with E-state index in [4.69, 9.17) is 0 Å². The fraction of sp³-hybridized carbons (Fsp3) is 0.143. The molecule has 4 heteroatoms. The van der Waals surface area contributed by atoms with Gasteiger partial charge in [0.15, 0.2) is 0 Å². The number of hydrogen-bond acceptors (Lipinski definition) is 3. The summed E-state index contributed by atoms with van der Waals surface area (Å²) in [5.41, 5.74) is 2.37. The number of pyridine rings is 1. The molecule has 0 unspecified atom stereocenters. The Morgan fingerprint density at radius 2 is 1.78 bits per heavy atom. The molecule has 0 aliphatic carbocycles. The van der Waals surface area contributed by atoms with Crippen LogP contribution in [0.1, 0.15) is 10.4 Å². The number of carbonyl (C=O) groups is 1. The van der Waals surface area contributed by atoms with Gasteiger partial charge < -0.3 is 10.0 Å². The molecule has 0 saturated carbocycles. The first-order chi connectivity index (χ1) is 8.58. The predicted molar refractivity (Wildman–Crippen MR) is 69.4 cm³/mol. The molecule has 1 aromatic carbocycles. The first-order valence-electron chi connectivity index (χ1n) is 5.54. The third kappa shape index (κ3) is 2.48. The Labute approximate surface area is 106 Å². The first-order valence-corrected chi connectivity index (χ1v) is 5.54. The predicted octanol–water partition coefficient (Wildman–Crippen LogP) is 2.16. The zero-order chi connectivity index (χ0) is 13.1. The van der Waals surface area contributed by atoms with E-state index in [1.807, 2.05) is 12.1 Å². The van der Waals surface area contributed by atoms with Gasteiger partial charge in [-0.05, 0) is 23.8 Å². The first kappa shape index (κ1) is 12.1. The van der Waals surface area contributed by atoms with E-state index in [0.29, 0.717) is 5.56 Å². The van der Waals surface area contributed by atoms with Crippen molar-refractivity contribution in [3.05, 3.63) is 48.3 Å². The van der Waals surface area contributed by atoms with Crippen LogP contribution in [-0.2, 0) is 0 Å². The minimum Gasteiger partial charge on any atom is -0.506 e. The van der Waals surface area contributed by atoms with Crippen LogP contribution in [0.15, 0.2) is 42.7 Å². The molecule has 0 aliphatic rings. The Morgan fingerprint density at radius 1 is 1.11 bits per heavy atom. The summed E-state index contributed by atoms with van der Waals surface area (Å²) < 4.78 is 0. The highest BCUT2D eigenvalue weighted by molar-refractivity contribution is 5.94. The van der Waals surface area contributed by atoms with Crippen LogP contribution in [0.4, 0.5) is 0 Å². The van der Waals surface area contributed by atoms with E-state index in [-0.39, 0.29) is 11.7 Å². The van der Waals surface area contributed by atoms with Crippen LogP contribution >= 0.6 is 0 Å². The number of rotatable bonds is 2. The van der Waals surface area contributed by atoms with Crippen molar-refractivity contribution >= 4 is 5.91 Å². The van der Waals surface area contributed by atoms with Crippen molar-refractivity contribution in [2.24, 2.45) is 0 Å². The molecule has 1 heterocycles. The van der Waals surface area contributed by atoms with E-state index in [9.17, 15) is 9.90 Å². The number of aromatic nitrogens is 1. The van der Waals surface area contributed by atoms with Gasteiger partial charge in [0.1, 0.15) is 5.75 Å². The monoisotopic (exact) mass is 242 g/mol. The highest BCUT2D eigenvalue weighted by Gasteiger charge is 2.07. The maximum Gasteiger partial charge on any atom is 0.253 e. The Hall–Kier alpha value is -2.36. The van der Waals surface area contributed by atoms with Crippen LogP contribution in [0.25, 0.3) is 11.1 Å². The Morgan fingerprint density at radius 3 is 2.33 bits per heavy atom. The average molecular weight is 242 g/mol. The van der Waals surface area contributed by atoms with Crippen LogP contribution in [0, 0.1) is 0 Å². The minimum atomic E-state index is -0.0319. The summed E-state index contributed by atoms with van der Waals surface area (Å²) in [6.07, 6.45) is 3.05. The molecule has 1 aromatic heterocycles. The molecule has 0 aliphatic heterocycles. The van der Waals surface area contributed by atoms with Crippen molar-refractivity contribution in [3.8, 4) is 16.9 Å². The largest absolute Gasteiger partial charge is 0.506 e. The molecule has 1 amide bonds. The van der Waals surface area contributed by atoms with Crippen molar-refractivity contribution in [2.45, 2.75) is 0 Å². The molecule has 0 atom stereocenters. The topological polar surface area (TPSA) is 53.4 Å². The number of aromatic hydroxyl groups is 1. The number of hydrogen-bond donors (Lipinski definition) is 1. The average Bonchev–Trinajstić information content (AvgIpc) is 2.38. The van der Waals surface area contributed by atoms with Gasteiger partial charge in [0, 0.05) is 31.4 Å². The van der Waals surface area contributed by atoms with Gasteiger partial charge >= 0.3 is 0 Å². The van der Waals surface area contributed by atoms with Crippen LogP contribution in [0.5, 0.6) is 5.75 Å². The zero-order valence-corrected chi connectivity index (χ0v) is 10.3. The molecule has 0 bridgehead atoms. The Bertz CT molecular complexity index is 562.